The molecule has 0 aliphatic rings. The minimum atomic E-state index is -1.60. The SMILES string of the molecule is O=C(O)C[C@H](NC(=O)Nc1cc(F)cc(Cl)c1)C(=O)O. The Kier molecular flexibility index (Phi) is 5.27. The number of carboxylic acids is 2. The van der Waals surface area contributed by atoms with E-state index in [9.17, 15) is 18.8 Å². The summed E-state index contributed by atoms with van der Waals surface area (Å²) in [5.41, 5.74) is 0.00645. The number of carbonyl (C=O) groups excluding carboxylic acids is 1. The lowest BCUT2D eigenvalue weighted by atomic mass is 10.2. The van der Waals surface area contributed by atoms with E-state index in [2.05, 4.69) is 5.32 Å². The molecule has 1 atom stereocenters. The van der Waals surface area contributed by atoms with Crippen molar-refractivity contribution >= 4 is 35.3 Å². The predicted molar refractivity (Wildman–Crippen MR) is 67.2 cm³/mol. The Morgan fingerprint density at radius 2 is 1.90 bits per heavy atom. The Balaban J connectivity index is 2.70. The molecule has 0 bridgehead atoms. The van der Waals surface area contributed by atoms with Gasteiger partial charge < -0.3 is 20.8 Å². The van der Waals surface area contributed by atoms with Crippen LogP contribution in [0.2, 0.25) is 5.02 Å². The molecule has 0 fully saturated rings. The first-order chi connectivity index (χ1) is 9.27. The zero-order valence-corrected chi connectivity index (χ0v) is 10.6. The van der Waals surface area contributed by atoms with Crippen molar-refractivity contribution in [1.82, 2.24) is 5.32 Å². The molecule has 7 nitrogen and oxygen atoms in total. The molecule has 0 saturated heterocycles. The van der Waals surface area contributed by atoms with Crippen LogP contribution < -0.4 is 10.6 Å². The van der Waals surface area contributed by atoms with Crippen LogP contribution in [0.4, 0.5) is 14.9 Å². The lowest BCUT2D eigenvalue weighted by Crippen LogP contribution is -2.44. The number of hydrogen-bond donors (Lipinski definition) is 4. The lowest BCUT2D eigenvalue weighted by Gasteiger charge is -2.13. The van der Waals surface area contributed by atoms with Gasteiger partial charge in [0.25, 0.3) is 0 Å². The molecule has 0 unspecified atom stereocenters. The predicted octanol–water partition coefficient (Wildman–Crippen LogP) is 1.53. The van der Waals surface area contributed by atoms with E-state index in [1.165, 1.54) is 6.07 Å². The summed E-state index contributed by atoms with van der Waals surface area (Å²) in [6.07, 6.45) is -0.785. The Morgan fingerprint density at radius 1 is 1.25 bits per heavy atom. The maximum atomic E-state index is 13.0. The van der Waals surface area contributed by atoms with Crippen molar-refractivity contribution in [3.05, 3.63) is 29.0 Å². The highest BCUT2D eigenvalue weighted by Gasteiger charge is 2.23. The third-order valence-corrected chi connectivity index (χ3v) is 2.32. The molecule has 0 heterocycles. The quantitative estimate of drug-likeness (QED) is 0.658. The van der Waals surface area contributed by atoms with E-state index in [0.29, 0.717) is 0 Å². The van der Waals surface area contributed by atoms with Crippen molar-refractivity contribution in [2.24, 2.45) is 0 Å². The Bertz CT molecular complexity index is 531. The van der Waals surface area contributed by atoms with Crippen molar-refractivity contribution < 1.29 is 29.0 Å². The average Bonchev–Trinajstić information content (AvgIpc) is 2.25. The van der Waals surface area contributed by atoms with E-state index in [-0.39, 0.29) is 10.7 Å². The largest absolute Gasteiger partial charge is 0.481 e. The molecule has 0 spiro atoms. The number of anilines is 1. The topological polar surface area (TPSA) is 116 Å². The van der Waals surface area contributed by atoms with Gasteiger partial charge in [-0.3, -0.25) is 4.79 Å². The zero-order valence-electron chi connectivity index (χ0n) is 9.89. The van der Waals surface area contributed by atoms with Crippen molar-refractivity contribution in [1.29, 1.82) is 0 Å². The van der Waals surface area contributed by atoms with Crippen molar-refractivity contribution in [2.45, 2.75) is 12.5 Å². The summed E-state index contributed by atoms with van der Waals surface area (Å²) in [6, 6.07) is 0.655. The minimum absolute atomic E-state index is 0.00645. The zero-order chi connectivity index (χ0) is 15.3. The third kappa shape index (κ3) is 5.11. The second kappa shape index (κ2) is 6.71. The number of urea groups is 1. The van der Waals surface area contributed by atoms with Crippen LogP contribution in [0.5, 0.6) is 0 Å². The van der Waals surface area contributed by atoms with Crippen LogP contribution in [-0.4, -0.2) is 34.2 Å². The number of rotatable bonds is 5. The second-order valence-corrected chi connectivity index (χ2v) is 4.18. The van der Waals surface area contributed by atoms with Gasteiger partial charge in [0.1, 0.15) is 11.9 Å². The van der Waals surface area contributed by atoms with Crippen LogP contribution in [-0.2, 0) is 9.59 Å². The van der Waals surface area contributed by atoms with Gasteiger partial charge in [-0.2, -0.15) is 0 Å². The molecule has 9 heteroatoms. The summed E-state index contributed by atoms with van der Waals surface area (Å²) in [6.45, 7) is 0. The van der Waals surface area contributed by atoms with Gasteiger partial charge in [0.05, 0.1) is 6.42 Å². The molecule has 1 aromatic rings. The fourth-order valence-electron chi connectivity index (χ4n) is 1.33. The van der Waals surface area contributed by atoms with Gasteiger partial charge >= 0.3 is 18.0 Å². The highest BCUT2D eigenvalue weighted by Crippen LogP contribution is 2.17. The molecular formula is C11H10ClFN2O5. The minimum Gasteiger partial charge on any atom is -0.481 e. The van der Waals surface area contributed by atoms with E-state index >= 15 is 0 Å². The van der Waals surface area contributed by atoms with Crippen molar-refractivity contribution in [3.63, 3.8) is 0 Å². The van der Waals surface area contributed by atoms with E-state index in [1.807, 2.05) is 5.32 Å². The number of nitrogens with one attached hydrogen (secondary N) is 2. The maximum Gasteiger partial charge on any atom is 0.326 e. The van der Waals surface area contributed by atoms with Crippen LogP contribution in [0.1, 0.15) is 6.42 Å². The van der Waals surface area contributed by atoms with Crippen LogP contribution in [0, 0.1) is 5.82 Å². The monoisotopic (exact) mass is 304 g/mol. The molecule has 0 aliphatic heterocycles. The fraction of sp³-hybridized carbons (Fsp3) is 0.182. The first kappa shape index (κ1) is 15.7. The molecule has 0 aromatic heterocycles. The second-order valence-electron chi connectivity index (χ2n) is 3.75. The third-order valence-electron chi connectivity index (χ3n) is 2.10. The smallest absolute Gasteiger partial charge is 0.326 e. The van der Waals surface area contributed by atoms with E-state index in [4.69, 9.17) is 21.8 Å². The molecular weight excluding hydrogens is 295 g/mol. The van der Waals surface area contributed by atoms with Crippen molar-refractivity contribution in [2.75, 3.05) is 5.32 Å². The maximum absolute atomic E-state index is 13.0. The number of carboxylic acid groups (broad SMARTS) is 2. The van der Waals surface area contributed by atoms with Gasteiger partial charge in [0, 0.05) is 10.7 Å². The summed E-state index contributed by atoms with van der Waals surface area (Å²) in [7, 11) is 0. The number of carbonyl (C=O) groups is 3. The summed E-state index contributed by atoms with van der Waals surface area (Å²) >= 11 is 5.58. The number of amides is 2. The van der Waals surface area contributed by atoms with Crippen molar-refractivity contribution in [3.8, 4) is 0 Å². The van der Waals surface area contributed by atoms with Gasteiger partial charge in [0.15, 0.2) is 0 Å². The van der Waals surface area contributed by atoms with Gasteiger partial charge in [0.2, 0.25) is 0 Å². The summed E-state index contributed by atoms with van der Waals surface area (Å²) in [5.74, 6) is -3.57. The Labute approximate surface area is 117 Å². The fourth-order valence-corrected chi connectivity index (χ4v) is 1.55. The van der Waals surface area contributed by atoms with Gasteiger partial charge in [-0.15, -0.1) is 0 Å². The number of halogens is 2. The van der Waals surface area contributed by atoms with Crippen LogP contribution in [0.15, 0.2) is 18.2 Å². The van der Waals surface area contributed by atoms with Gasteiger partial charge in [-0.1, -0.05) is 11.6 Å². The normalized spacial score (nSPS) is 11.5. The van der Waals surface area contributed by atoms with E-state index < -0.39 is 36.2 Å². The first-order valence-corrected chi connectivity index (χ1v) is 5.64. The highest BCUT2D eigenvalue weighted by molar-refractivity contribution is 6.30. The molecule has 0 radical (unpaired) electrons. The van der Waals surface area contributed by atoms with E-state index in [1.54, 1.807) is 0 Å². The molecule has 4 N–H and O–H groups in total. The number of benzene rings is 1. The number of aliphatic carboxylic acids is 2. The molecule has 108 valence electrons. The molecule has 1 aromatic carbocycles. The van der Waals surface area contributed by atoms with Gasteiger partial charge in [-0.05, 0) is 18.2 Å². The molecule has 20 heavy (non-hydrogen) atoms. The first-order valence-electron chi connectivity index (χ1n) is 5.26. The molecule has 2 amide bonds. The molecule has 0 saturated carbocycles. The standard InChI is InChI=1S/C11H10ClFN2O5/c12-5-1-6(13)3-7(2-5)14-11(20)15-8(10(18)19)4-9(16)17/h1-3,8H,4H2,(H,16,17)(H,18,19)(H2,14,15,20)/t8-/m0/s1. The summed E-state index contributed by atoms with van der Waals surface area (Å²) < 4.78 is 13.0. The van der Waals surface area contributed by atoms with Crippen LogP contribution >= 0.6 is 11.6 Å². The number of hydrogen-bond acceptors (Lipinski definition) is 3. The van der Waals surface area contributed by atoms with Crippen LogP contribution in [0.25, 0.3) is 0 Å². The molecule has 0 aliphatic carbocycles. The lowest BCUT2D eigenvalue weighted by molar-refractivity contribution is -0.145. The highest BCUT2D eigenvalue weighted by atomic mass is 35.5. The van der Waals surface area contributed by atoms with Crippen LogP contribution in [0.3, 0.4) is 0 Å². The Hall–Kier alpha value is -2.35. The van der Waals surface area contributed by atoms with E-state index in [0.717, 1.165) is 12.1 Å². The summed E-state index contributed by atoms with van der Waals surface area (Å²) in [5, 5.41) is 21.4. The Morgan fingerprint density at radius 3 is 2.40 bits per heavy atom. The molecule has 1 rings (SSSR count). The summed E-state index contributed by atoms with van der Waals surface area (Å²) in [4.78, 5) is 32.7. The average molecular weight is 305 g/mol. The van der Waals surface area contributed by atoms with Gasteiger partial charge in [-0.25, -0.2) is 14.0 Å².